The lowest BCUT2D eigenvalue weighted by atomic mass is 9.87. The van der Waals surface area contributed by atoms with E-state index in [9.17, 15) is 0 Å². The molecule has 2 atom stereocenters. The maximum atomic E-state index is 5.31. The van der Waals surface area contributed by atoms with E-state index in [1.54, 1.807) is 14.2 Å². The molecule has 94 valence electrons. The number of hydrogen-bond acceptors (Lipinski definition) is 3. The molecule has 1 aromatic carbocycles. The second kappa shape index (κ2) is 6.03. The number of benzene rings is 1. The van der Waals surface area contributed by atoms with E-state index in [1.165, 1.54) is 18.4 Å². The van der Waals surface area contributed by atoms with Gasteiger partial charge in [-0.1, -0.05) is 12.1 Å². The van der Waals surface area contributed by atoms with E-state index >= 15 is 0 Å². The highest BCUT2D eigenvalue weighted by Crippen LogP contribution is 2.30. The summed E-state index contributed by atoms with van der Waals surface area (Å²) in [5, 5.41) is 3.59. The molecule has 3 heteroatoms. The topological polar surface area (TPSA) is 30.5 Å². The first-order valence-corrected chi connectivity index (χ1v) is 6.21. The second-order valence-corrected chi connectivity index (χ2v) is 4.56. The van der Waals surface area contributed by atoms with Crippen LogP contribution in [-0.4, -0.2) is 27.4 Å². The Bertz CT molecular complexity index is 335. The van der Waals surface area contributed by atoms with E-state index < -0.39 is 0 Å². The smallest absolute Gasteiger partial charge is 0.118 e. The fourth-order valence-electron chi connectivity index (χ4n) is 2.55. The Morgan fingerprint density at radius 1 is 1.24 bits per heavy atom. The van der Waals surface area contributed by atoms with Crippen molar-refractivity contribution in [3.05, 3.63) is 29.8 Å². The minimum atomic E-state index is 0.412. The number of piperidine rings is 1. The Kier molecular flexibility index (Phi) is 4.40. The van der Waals surface area contributed by atoms with Crippen LogP contribution in [-0.2, 0) is 4.74 Å². The summed E-state index contributed by atoms with van der Waals surface area (Å²) in [6.45, 7) is 1.92. The molecule has 1 aliphatic heterocycles. The lowest BCUT2D eigenvalue weighted by Crippen LogP contribution is -2.36. The molecular formula is C14H21NO2. The Balaban J connectivity index is 2.11. The third-order valence-corrected chi connectivity index (χ3v) is 3.44. The van der Waals surface area contributed by atoms with E-state index in [1.807, 2.05) is 12.1 Å². The average Bonchev–Trinajstić information content (AvgIpc) is 2.40. The summed E-state index contributed by atoms with van der Waals surface area (Å²) in [4.78, 5) is 0. The molecule has 0 radical (unpaired) electrons. The summed E-state index contributed by atoms with van der Waals surface area (Å²) in [6.07, 6.45) is 2.47. The third-order valence-electron chi connectivity index (χ3n) is 3.44. The molecule has 1 heterocycles. The van der Waals surface area contributed by atoms with Crippen molar-refractivity contribution in [2.24, 2.45) is 5.92 Å². The van der Waals surface area contributed by atoms with E-state index in [-0.39, 0.29) is 0 Å². The highest BCUT2D eigenvalue weighted by Gasteiger charge is 2.25. The number of nitrogens with one attached hydrogen (secondary N) is 1. The van der Waals surface area contributed by atoms with Gasteiger partial charge in [0.05, 0.1) is 13.7 Å². The molecule has 1 aliphatic rings. The van der Waals surface area contributed by atoms with Crippen molar-refractivity contribution >= 4 is 0 Å². The summed E-state index contributed by atoms with van der Waals surface area (Å²) in [6, 6.07) is 8.74. The van der Waals surface area contributed by atoms with Crippen molar-refractivity contribution < 1.29 is 9.47 Å². The van der Waals surface area contributed by atoms with Gasteiger partial charge in [-0.25, -0.2) is 0 Å². The number of methoxy groups -OCH3 is 2. The molecular weight excluding hydrogens is 214 g/mol. The number of rotatable bonds is 4. The highest BCUT2D eigenvalue weighted by molar-refractivity contribution is 5.29. The van der Waals surface area contributed by atoms with Crippen LogP contribution in [0.5, 0.6) is 5.75 Å². The highest BCUT2D eigenvalue weighted by atomic mass is 16.5. The molecule has 0 bridgehead atoms. The van der Waals surface area contributed by atoms with Gasteiger partial charge in [-0.15, -0.1) is 0 Å². The van der Waals surface area contributed by atoms with E-state index in [0.29, 0.717) is 12.0 Å². The SMILES string of the molecule is COCC1CCCNC1c1ccc(OC)cc1. The molecule has 0 spiro atoms. The van der Waals surface area contributed by atoms with Gasteiger partial charge >= 0.3 is 0 Å². The Hall–Kier alpha value is -1.06. The van der Waals surface area contributed by atoms with Gasteiger partial charge < -0.3 is 14.8 Å². The molecule has 3 nitrogen and oxygen atoms in total. The largest absolute Gasteiger partial charge is 0.497 e. The fourth-order valence-corrected chi connectivity index (χ4v) is 2.55. The van der Waals surface area contributed by atoms with Gasteiger partial charge in [0.1, 0.15) is 5.75 Å². The average molecular weight is 235 g/mol. The van der Waals surface area contributed by atoms with E-state index in [0.717, 1.165) is 18.9 Å². The first-order valence-electron chi connectivity index (χ1n) is 6.21. The zero-order chi connectivity index (χ0) is 12.1. The van der Waals surface area contributed by atoms with Crippen LogP contribution in [0.1, 0.15) is 24.4 Å². The molecule has 0 amide bonds. The molecule has 1 N–H and O–H groups in total. The van der Waals surface area contributed by atoms with Gasteiger partial charge in [0.25, 0.3) is 0 Å². The zero-order valence-electron chi connectivity index (χ0n) is 10.6. The van der Waals surface area contributed by atoms with Crippen LogP contribution >= 0.6 is 0 Å². The summed E-state index contributed by atoms with van der Waals surface area (Å²) < 4.78 is 10.5. The second-order valence-electron chi connectivity index (χ2n) is 4.56. The minimum absolute atomic E-state index is 0.412. The van der Waals surface area contributed by atoms with Crippen LogP contribution < -0.4 is 10.1 Å². The van der Waals surface area contributed by atoms with Crippen LogP contribution in [0.2, 0.25) is 0 Å². The molecule has 17 heavy (non-hydrogen) atoms. The minimum Gasteiger partial charge on any atom is -0.497 e. The van der Waals surface area contributed by atoms with Gasteiger partial charge in [0.15, 0.2) is 0 Å². The normalized spacial score (nSPS) is 24.6. The van der Waals surface area contributed by atoms with E-state index in [2.05, 4.69) is 17.4 Å². The van der Waals surface area contributed by atoms with Gasteiger partial charge in [0, 0.05) is 19.1 Å². The molecule has 0 aliphatic carbocycles. The van der Waals surface area contributed by atoms with Crippen LogP contribution in [0.3, 0.4) is 0 Å². The summed E-state index contributed by atoms with van der Waals surface area (Å²) in [5.74, 6) is 1.48. The summed E-state index contributed by atoms with van der Waals surface area (Å²) in [7, 11) is 3.47. The molecule has 1 fully saturated rings. The molecule has 2 rings (SSSR count). The van der Waals surface area contributed by atoms with Crippen molar-refractivity contribution in [1.29, 1.82) is 0 Å². The lowest BCUT2D eigenvalue weighted by molar-refractivity contribution is 0.112. The Morgan fingerprint density at radius 3 is 2.65 bits per heavy atom. The first-order chi connectivity index (χ1) is 8.35. The Morgan fingerprint density at radius 2 is 2.00 bits per heavy atom. The lowest BCUT2D eigenvalue weighted by Gasteiger charge is -2.32. The molecule has 1 aromatic rings. The summed E-state index contributed by atoms with van der Waals surface area (Å²) in [5.41, 5.74) is 1.33. The van der Waals surface area contributed by atoms with Crippen LogP contribution in [0.15, 0.2) is 24.3 Å². The monoisotopic (exact) mass is 235 g/mol. The molecule has 1 saturated heterocycles. The van der Waals surface area contributed by atoms with Crippen molar-refractivity contribution in [2.75, 3.05) is 27.4 Å². The van der Waals surface area contributed by atoms with Crippen molar-refractivity contribution in [3.8, 4) is 5.75 Å². The quantitative estimate of drug-likeness (QED) is 0.869. The Labute approximate surface area is 103 Å². The standard InChI is InChI=1S/C14H21NO2/c1-16-10-12-4-3-9-15-14(12)11-5-7-13(17-2)8-6-11/h5-8,12,14-15H,3-4,9-10H2,1-2H3. The van der Waals surface area contributed by atoms with Crippen molar-refractivity contribution in [1.82, 2.24) is 5.32 Å². The predicted octanol–water partition coefficient (Wildman–Crippen LogP) is 2.38. The molecule has 2 unspecified atom stereocenters. The zero-order valence-corrected chi connectivity index (χ0v) is 10.6. The maximum absolute atomic E-state index is 5.31. The van der Waals surface area contributed by atoms with E-state index in [4.69, 9.17) is 9.47 Å². The van der Waals surface area contributed by atoms with Crippen molar-refractivity contribution in [2.45, 2.75) is 18.9 Å². The van der Waals surface area contributed by atoms with Crippen LogP contribution in [0.4, 0.5) is 0 Å². The maximum Gasteiger partial charge on any atom is 0.118 e. The molecule has 0 aromatic heterocycles. The number of ether oxygens (including phenoxy) is 2. The van der Waals surface area contributed by atoms with Gasteiger partial charge in [0.2, 0.25) is 0 Å². The van der Waals surface area contributed by atoms with Gasteiger partial charge in [-0.3, -0.25) is 0 Å². The predicted molar refractivity (Wildman–Crippen MR) is 68.3 cm³/mol. The van der Waals surface area contributed by atoms with Crippen LogP contribution in [0.25, 0.3) is 0 Å². The van der Waals surface area contributed by atoms with Crippen LogP contribution in [0, 0.1) is 5.92 Å². The van der Waals surface area contributed by atoms with Gasteiger partial charge in [-0.2, -0.15) is 0 Å². The summed E-state index contributed by atoms with van der Waals surface area (Å²) >= 11 is 0. The van der Waals surface area contributed by atoms with Crippen molar-refractivity contribution in [3.63, 3.8) is 0 Å². The molecule has 0 saturated carbocycles. The first kappa shape index (κ1) is 12.4. The third kappa shape index (κ3) is 2.99. The fraction of sp³-hybridized carbons (Fsp3) is 0.571. The number of hydrogen-bond donors (Lipinski definition) is 1. The van der Waals surface area contributed by atoms with Gasteiger partial charge in [-0.05, 0) is 37.1 Å².